The van der Waals surface area contributed by atoms with Gasteiger partial charge in [0.25, 0.3) is 0 Å². The standard InChI is InChI=1S/C14H12FN3OS.C2HF3O2/c15-11-8-17-13(18-14(11)16-5-6-19)10-3-1-2-9-4-7-20-12(9)10;3-2(4,5)1(6)7/h1-4,7-8,19H,5-6H2,(H,16,17,18);(H,6,7). The van der Waals surface area contributed by atoms with Crippen LogP contribution in [0.5, 0.6) is 0 Å². The Morgan fingerprint density at radius 3 is 2.59 bits per heavy atom. The highest BCUT2D eigenvalue weighted by Gasteiger charge is 2.38. The number of aliphatic hydroxyl groups is 1. The van der Waals surface area contributed by atoms with Gasteiger partial charge >= 0.3 is 12.1 Å². The van der Waals surface area contributed by atoms with Crippen LogP contribution in [0, 0.1) is 5.82 Å². The average molecular weight is 403 g/mol. The minimum atomic E-state index is -5.08. The van der Waals surface area contributed by atoms with Gasteiger partial charge in [0.05, 0.1) is 12.8 Å². The number of anilines is 1. The number of hydrogen-bond acceptors (Lipinski definition) is 6. The number of benzene rings is 1. The molecule has 3 aromatic rings. The largest absolute Gasteiger partial charge is 0.490 e. The molecule has 144 valence electrons. The van der Waals surface area contributed by atoms with E-state index in [9.17, 15) is 17.6 Å². The van der Waals surface area contributed by atoms with Gasteiger partial charge in [-0.25, -0.2) is 19.2 Å². The van der Waals surface area contributed by atoms with Gasteiger partial charge in [0.2, 0.25) is 0 Å². The molecule has 2 heterocycles. The first-order valence-electron chi connectivity index (χ1n) is 7.38. The van der Waals surface area contributed by atoms with E-state index in [1.54, 1.807) is 11.3 Å². The number of carboxylic acids is 1. The van der Waals surface area contributed by atoms with E-state index in [0.29, 0.717) is 5.82 Å². The van der Waals surface area contributed by atoms with Gasteiger partial charge in [-0.3, -0.25) is 0 Å². The van der Waals surface area contributed by atoms with Crippen LogP contribution in [0.2, 0.25) is 0 Å². The number of nitrogens with zero attached hydrogens (tertiary/aromatic N) is 2. The lowest BCUT2D eigenvalue weighted by atomic mass is 10.1. The van der Waals surface area contributed by atoms with Crippen LogP contribution in [0.25, 0.3) is 21.5 Å². The molecule has 0 aliphatic rings. The molecule has 27 heavy (non-hydrogen) atoms. The van der Waals surface area contributed by atoms with Gasteiger partial charge in [0, 0.05) is 16.8 Å². The minimum absolute atomic E-state index is 0.0840. The van der Waals surface area contributed by atoms with Crippen LogP contribution in [-0.2, 0) is 4.79 Å². The lowest BCUT2D eigenvalue weighted by Gasteiger charge is -2.07. The number of fused-ring (bicyclic) bond motifs is 1. The fourth-order valence-electron chi connectivity index (χ4n) is 1.96. The third-order valence-corrected chi connectivity index (χ3v) is 4.07. The van der Waals surface area contributed by atoms with Crippen LogP contribution in [-0.4, -0.2) is 45.5 Å². The number of rotatable bonds is 4. The Balaban J connectivity index is 0.000000321. The van der Waals surface area contributed by atoms with E-state index in [0.717, 1.165) is 21.8 Å². The average Bonchev–Trinajstić information content (AvgIpc) is 3.09. The zero-order valence-corrected chi connectivity index (χ0v) is 14.3. The maximum Gasteiger partial charge on any atom is 0.490 e. The molecular formula is C16H13F4N3O3S. The van der Waals surface area contributed by atoms with Crippen LogP contribution < -0.4 is 5.32 Å². The van der Waals surface area contributed by atoms with Gasteiger partial charge in [-0.15, -0.1) is 11.3 Å². The second kappa shape index (κ2) is 8.73. The number of aromatic nitrogens is 2. The monoisotopic (exact) mass is 403 g/mol. The molecule has 0 aliphatic carbocycles. The number of alkyl halides is 3. The number of thiophene rings is 1. The van der Waals surface area contributed by atoms with E-state index >= 15 is 0 Å². The first-order chi connectivity index (χ1) is 12.7. The molecule has 6 nitrogen and oxygen atoms in total. The van der Waals surface area contributed by atoms with Crippen molar-refractivity contribution >= 4 is 33.2 Å². The first kappa shape index (κ1) is 20.5. The molecule has 0 bridgehead atoms. The smallest absolute Gasteiger partial charge is 0.475 e. The summed E-state index contributed by atoms with van der Waals surface area (Å²) in [5.41, 5.74) is 0.879. The van der Waals surface area contributed by atoms with Crippen molar-refractivity contribution in [2.75, 3.05) is 18.5 Å². The Morgan fingerprint density at radius 1 is 1.26 bits per heavy atom. The van der Waals surface area contributed by atoms with Crippen molar-refractivity contribution in [2.24, 2.45) is 0 Å². The number of aliphatic hydroxyl groups excluding tert-OH is 1. The Hall–Kier alpha value is -2.79. The van der Waals surface area contributed by atoms with Crippen molar-refractivity contribution < 1.29 is 32.6 Å². The number of hydrogen-bond donors (Lipinski definition) is 3. The van der Waals surface area contributed by atoms with Crippen LogP contribution in [0.1, 0.15) is 0 Å². The van der Waals surface area contributed by atoms with E-state index in [1.165, 1.54) is 0 Å². The lowest BCUT2D eigenvalue weighted by Crippen LogP contribution is -2.21. The molecule has 3 N–H and O–H groups in total. The highest BCUT2D eigenvalue weighted by molar-refractivity contribution is 7.17. The zero-order chi connectivity index (χ0) is 20.0. The van der Waals surface area contributed by atoms with Crippen molar-refractivity contribution in [1.82, 2.24) is 9.97 Å². The summed E-state index contributed by atoms with van der Waals surface area (Å²) in [5, 5.41) is 21.8. The van der Waals surface area contributed by atoms with Crippen molar-refractivity contribution in [3.63, 3.8) is 0 Å². The molecule has 0 fully saturated rings. The second-order valence-electron chi connectivity index (χ2n) is 4.99. The van der Waals surface area contributed by atoms with E-state index in [2.05, 4.69) is 15.3 Å². The zero-order valence-electron chi connectivity index (χ0n) is 13.5. The number of nitrogens with one attached hydrogen (secondary N) is 1. The van der Waals surface area contributed by atoms with Crippen LogP contribution >= 0.6 is 11.3 Å². The molecule has 0 saturated heterocycles. The summed E-state index contributed by atoms with van der Waals surface area (Å²) in [7, 11) is 0. The number of aliphatic carboxylic acids is 1. The molecule has 0 amide bonds. The van der Waals surface area contributed by atoms with Crippen molar-refractivity contribution in [1.29, 1.82) is 0 Å². The van der Waals surface area contributed by atoms with Gasteiger partial charge in [-0.05, 0) is 22.9 Å². The fourth-order valence-corrected chi connectivity index (χ4v) is 2.87. The summed E-state index contributed by atoms with van der Waals surface area (Å²) in [4.78, 5) is 17.2. The van der Waals surface area contributed by atoms with Gasteiger partial charge < -0.3 is 15.5 Å². The SMILES string of the molecule is O=C(O)C(F)(F)F.OCCNc1nc(-c2cccc3ccsc23)ncc1F. The molecule has 2 aromatic heterocycles. The molecule has 11 heteroatoms. The normalized spacial score (nSPS) is 11.0. The maximum absolute atomic E-state index is 13.6. The Kier molecular flexibility index (Phi) is 6.64. The molecule has 1 aromatic carbocycles. The van der Waals surface area contributed by atoms with E-state index in [4.69, 9.17) is 15.0 Å². The van der Waals surface area contributed by atoms with Gasteiger partial charge in [0.1, 0.15) is 0 Å². The van der Waals surface area contributed by atoms with Crippen molar-refractivity contribution in [3.8, 4) is 11.4 Å². The third-order valence-electron chi connectivity index (χ3n) is 3.11. The fraction of sp³-hybridized carbons (Fsp3) is 0.188. The molecule has 0 unspecified atom stereocenters. The van der Waals surface area contributed by atoms with Gasteiger partial charge in [-0.2, -0.15) is 13.2 Å². The number of carboxylic acid groups (broad SMARTS) is 1. The topological polar surface area (TPSA) is 95.3 Å². The summed E-state index contributed by atoms with van der Waals surface area (Å²) >= 11 is 1.60. The molecule has 0 radical (unpaired) electrons. The van der Waals surface area contributed by atoms with Gasteiger partial charge in [0.15, 0.2) is 17.5 Å². The molecule has 0 saturated carbocycles. The molecule has 3 rings (SSSR count). The summed E-state index contributed by atoms with van der Waals surface area (Å²) in [5.74, 6) is -2.70. The molecular weight excluding hydrogens is 390 g/mol. The van der Waals surface area contributed by atoms with Crippen LogP contribution in [0.3, 0.4) is 0 Å². The summed E-state index contributed by atoms with van der Waals surface area (Å²) in [6, 6.07) is 7.89. The highest BCUT2D eigenvalue weighted by Crippen LogP contribution is 2.31. The van der Waals surface area contributed by atoms with E-state index in [1.807, 2.05) is 29.6 Å². The summed E-state index contributed by atoms with van der Waals surface area (Å²) in [6.45, 7) is 0.163. The Labute approximate surface area is 154 Å². The molecule has 0 spiro atoms. The minimum Gasteiger partial charge on any atom is -0.475 e. The Morgan fingerprint density at radius 2 is 1.96 bits per heavy atom. The maximum atomic E-state index is 13.6. The predicted octanol–water partition coefficient (Wildman–Crippen LogP) is 3.53. The quantitative estimate of drug-likeness (QED) is 0.577. The number of halogens is 4. The second-order valence-corrected chi connectivity index (χ2v) is 5.90. The van der Waals surface area contributed by atoms with E-state index in [-0.39, 0.29) is 19.0 Å². The summed E-state index contributed by atoms with van der Waals surface area (Å²) < 4.78 is 46.4. The lowest BCUT2D eigenvalue weighted by molar-refractivity contribution is -0.192. The van der Waals surface area contributed by atoms with Crippen molar-refractivity contribution in [2.45, 2.75) is 6.18 Å². The summed E-state index contributed by atoms with van der Waals surface area (Å²) in [6.07, 6.45) is -3.94. The highest BCUT2D eigenvalue weighted by atomic mass is 32.1. The molecule has 0 aliphatic heterocycles. The van der Waals surface area contributed by atoms with Crippen LogP contribution in [0.15, 0.2) is 35.8 Å². The Bertz CT molecular complexity index is 931. The van der Waals surface area contributed by atoms with Crippen molar-refractivity contribution in [3.05, 3.63) is 41.7 Å². The van der Waals surface area contributed by atoms with Crippen LogP contribution in [0.4, 0.5) is 23.4 Å². The van der Waals surface area contributed by atoms with E-state index < -0.39 is 18.0 Å². The third kappa shape index (κ3) is 5.34. The van der Waals surface area contributed by atoms with Gasteiger partial charge in [-0.1, -0.05) is 12.1 Å². The molecule has 0 atom stereocenters. The number of carbonyl (C=O) groups is 1. The first-order valence-corrected chi connectivity index (χ1v) is 8.26. The predicted molar refractivity (Wildman–Crippen MR) is 92.1 cm³/mol.